The molecule has 1 N–H and O–H groups in total. The number of aliphatic hydroxyl groups is 1. The van der Waals surface area contributed by atoms with Gasteiger partial charge in [-0.1, -0.05) is 11.6 Å². The van der Waals surface area contributed by atoms with E-state index in [1.54, 1.807) is 12.7 Å². The standard InChI is InChI=1S/C16H26N4O2/c1-14(2)4-7-16(11-21)6-3-8-20(10-16)15(22)5-9-19-12-17-18-13-19/h4,12-13,21H,3,5-11H2,1-2H3/t16-/m1/s1. The van der Waals surface area contributed by atoms with Crippen molar-refractivity contribution in [3.63, 3.8) is 0 Å². The van der Waals surface area contributed by atoms with E-state index in [9.17, 15) is 9.90 Å². The number of amides is 1. The number of allylic oxidation sites excluding steroid dienone is 2. The molecule has 6 heteroatoms. The summed E-state index contributed by atoms with van der Waals surface area (Å²) in [6.07, 6.45) is 8.62. The molecule has 122 valence electrons. The van der Waals surface area contributed by atoms with Gasteiger partial charge in [-0.05, 0) is 33.1 Å². The minimum Gasteiger partial charge on any atom is -0.396 e. The summed E-state index contributed by atoms with van der Waals surface area (Å²) in [5, 5.41) is 17.3. The van der Waals surface area contributed by atoms with Crippen LogP contribution in [-0.4, -0.2) is 50.4 Å². The molecule has 1 fully saturated rings. The molecule has 22 heavy (non-hydrogen) atoms. The average Bonchev–Trinajstić information content (AvgIpc) is 3.04. The maximum Gasteiger partial charge on any atom is 0.224 e. The molecule has 1 amide bonds. The molecule has 0 aromatic carbocycles. The van der Waals surface area contributed by atoms with Crippen molar-refractivity contribution in [1.82, 2.24) is 19.7 Å². The van der Waals surface area contributed by atoms with Gasteiger partial charge in [0.1, 0.15) is 12.7 Å². The van der Waals surface area contributed by atoms with Crippen LogP contribution in [0.15, 0.2) is 24.3 Å². The SMILES string of the molecule is CC(C)=CC[C@]1(CO)CCCN(C(=O)CCn2cnnc2)C1. The first-order valence-corrected chi connectivity index (χ1v) is 7.89. The molecule has 0 spiro atoms. The number of nitrogens with zero attached hydrogens (tertiary/aromatic N) is 4. The number of hydrogen-bond donors (Lipinski definition) is 1. The van der Waals surface area contributed by atoms with Crippen molar-refractivity contribution in [1.29, 1.82) is 0 Å². The van der Waals surface area contributed by atoms with Gasteiger partial charge in [0.25, 0.3) is 0 Å². The van der Waals surface area contributed by atoms with Gasteiger partial charge in [-0.25, -0.2) is 0 Å². The van der Waals surface area contributed by atoms with E-state index in [1.165, 1.54) is 5.57 Å². The van der Waals surface area contributed by atoms with Crippen molar-refractivity contribution in [2.45, 2.75) is 46.1 Å². The molecular weight excluding hydrogens is 280 g/mol. The quantitative estimate of drug-likeness (QED) is 0.811. The summed E-state index contributed by atoms with van der Waals surface area (Å²) in [5.74, 6) is 0.142. The van der Waals surface area contributed by atoms with E-state index < -0.39 is 0 Å². The minimum atomic E-state index is -0.179. The highest BCUT2D eigenvalue weighted by atomic mass is 16.3. The topological polar surface area (TPSA) is 71.2 Å². The number of piperidine rings is 1. The van der Waals surface area contributed by atoms with Crippen LogP contribution in [0.4, 0.5) is 0 Å². The van der Waals surface area contributed by atoms with Crippen LogP contribution in [0, 0.1) is 5.41 Å². The largest absolute Gasteiger partial charge is 0.396 e. The van der Waals surface area contributed by atoms with Gasteiger partial charge in [-0.15, -0.1) is 10.2 Å². The number of aryl methyl sites for hydroxylation is 1. The number of hydrogen-bond acceptors (Lipinski definition) is 4. The molecule has 1 aromatic rings. The molecule has 2 heterocycles. The van der Waals surface area contributed by atoms with Crippen molar-refractivity contribution in [2.24, 2.45) is 5.41 Å². The highest BCUT2D eigenvalue weighted by molar-refractivity contribution is 5.76. The number of aromatic nitrogens is 3. The van der Waals surface area contributed by atoms with E-state index in [1.807, 2.05) is 9.47 Å². The fraction of sp³-hybridized carbons (Fsp3) is 0.688. The van der Waals surface area contributed by atoms with Gasteiger partial charge in [0, 0.05) is 31.5 Å². The molecule has 0 unspecified atom stereocenters. The molecule has 0 aliphatic carbocycles. The smallest absolute Gasteiger partial charge is 0.224 e. The fourth-order valence-electron chi connectivity index (χ4n) is 2.92. The minimum absolute atomic E-state index is 0.131. The van der Waals surface area contributed by atoms with Crippen LogP contribution in [0.5, 0.6) is 0 Å². The Morgan fingerprint density at radius 2 is 2.09 bits per heavy atom. The van der Waals surface area contributed by atoms with E-state index in [-0.39, 0.29) is 17.9 Å². The number of carbonyl (C=O) groups is 1. The van der Waals surface area contributed by atoms with Crippen LogP contribution in [0.25, 0.3) is 0 Å². The maximum absolute atomic E-state index is 12.4. The fourth-order valence-corrected chi connectivity index (χ4v) is 2.92. The van der Waals surface area contributed by atoms with Crippen LogP contribution in [0.2, 0.25) is 0 Å². The number of carbonyl (C=O) groups excluding carboxylic acids is 1. The third-order valence-electron chi connectivity index (χ3n) is 4.34. The van der Waals surface area contributed by atoms with Gasteiger partial charge < -0.3 is 14.6 Å². The number of likely N-dealkylation sites (tertiary alicyclic amines) is 1. The Morgan fingerprint density at radius 1 is 1.36 bits per heavy atom. The first-order valence-electron chi connectivity index (χ1n) is 7.89. The van der Waals surface area contributed by atoms with Crippen LogP contribution in [0.3, 0.4) is 0 Å². The molecule has 0 radical (unpaired) electrons. The summed E-state index contributed by atoms with van der Waals surface area (Å²) < 4.78 is 1.81. The van der Waals surface area contributed by atoms with Crippen molar-refractivity contribution < 1.29 is 9.90 Å². The van der Waals surface area contributed by atoms with Crippen molar-refractivity contribution in [2.75, 3.05) is 19.7 Å². The van der Waals surface area contributed by atoms with Gasteiger partial charge in [0.15, 0.2) is 0 Å². The van der Waals surface area contributed by atoms with E-state index in [0.29, 0.717) is 19.5 Å². The zero-order valence-corrected chi connectivity index (χ0v) is 13.5. The Labute approximate surface area is 131 Å². The van der Waals surface area contributed by atoms with E-state index >= 15 is 0 Å². The Balaban J connectivity index is 1.93. The highest BCUT2D eigenvalue weighted by Gasteiger charge is 2.35. The molecule has 2 rings (SSSR count). The molecule has 0 bridgehead atoms. The van der Waals surface area contributed by atoms with Gasteiger partial charge in [-0.2, -0.15) is 0 Å². The first kappa shape index (κ1) is 16.7. The second kappa shape index (κ2) is 7.54. The summed E-state index contributed by atoms with van der Waals surface area (Å²) in [4.78, 5) is 14.3. The Morgan fingerprint density at radius 3 is 2.73 bits per heavy atom. The van der Waals surface area contributed by atoms with Crippen LogP contribution in [0.1, 0.15) is 39.5 Å². The lowest BCUT2D eigenvalue weighted by Crippen LogP contribution is -2.47. The van der Waals surface area contributed by atoms with Crippen LogP contribution < -0.4 is 0 Å². The molecular formula is C16H26N4O2. The summed E-state index contributed by atoms with van der Waals surface area (Å²) in [6.45, 7) is 6.30. The third-order valence-corrected chi connectivity index (χ3v) is 4.34. The van der Waals surface area contributed by atoms with E-state index in [0.717, 1.165) is 25.8 Å². The lowest BCUT2D eigenvalue weighted by molar-refractivity contribution is -0.135. The third kappa shape index (κ3) is 4.40. The lowest BCUT2D eigenvalue weighted by atomic mass is 9.77. The molecule has 1 saturated heterocycles. The van der Waals surface area contributed by atoms with Gasteiger partial charge in [0.05, 0.1) is 6.61 Å². The van der Waals surface area contributed by atoms with E-state index in [2.05, 4.69) is 30.1 Å². The maximum atomic E-state index is 12.4. The van der Waals surface area contributed by atoms with Gasteiger partial charge in [-0.3, -0.25) is 4.79 Å². The summed E-state index contributed by atoms with van der Waals surface area (Å²) in [5.41, 5.74) is 1.07. The Bertz CT molecular complexity index is 508. The predicted octanol–water partition coefficient (Wildman–Crippen LogP) is 1.63. The van der Waals surface area contributed by atoms with Gasteiger partial charge in [0.2, 0.25) is 5.91 Å². The van der Waals surface area contributed by atoms with E-state index in [4.69, 9.17) is 0 Å². The van der Waals surface area contributed by atoms with Crippen molar-refractivity contribution >= 4 is 5.91 Å². The molecule has 1 aromatic heterocycles. The zero-order chi connectivity index (χ0) is 16.0. The van der Waals surface area contributed by atoms with Crippen molar-refractivity contribution in [3.05, 3.63) is 24.3 Å². The predicted molar refractivity (Wildman–Crippen MR) is 84.0 cm³/mol. The van der Waals surface area contributed by atoms with Gasteiger partial charge >= 0.3 is 0 Å². The average molecular weight is 306 g/mol. The molecule has 1 aliphatic rings. The first-order chi connectivity index (χ1) is 10.5. The highest BCUT2D eigenvalue weighted by Crippen LogP contribution is 2.34. The zero-order valence-electron chi connectivity index (χ0n) is 13.5. The lowest BCUT2D eigenvalue weighted by Gasteiger charge is -2.41. The molecule has 0 saturated carbocycles. The molecule has 1 atom stereocenters. The summed E-state index contributed by atoms with van der Waals surface area (Å²) >= 11 is 0. The Hall–Kier alpha value is -1.69. The van der Waals surface area contributed by atoms with Crippen LogP contribution in [-0.2, 0) is 11.3 Å². The molecule has 1 aliphatic heterocycles. The second-order valence-electron chi connectivity index (χ2n) is 6.51. The number of aliphatic hydroxyl groups excluding tert-OH is 1. The Kier molecular flexibility index (Phi) is 5.71. The number of rotatable bonds is 6. The monoisotopic (exact) mass is 306 g/mol. The molecule has 6 nitrogen and oxygen atoms in total. The normalized spacial score (nSPS) is 21.7. The second-order valence-corrected chi connectivity index (χ2v) is 6.51. The van der Waals surface area contributed by atoms with Crippen LogP contribution >= 0.6 is 0 Å². The summed E-state index contributed by atoms with van der Waals surface area (Å²) in [7, 11) is 0. The summed E-state index contributed by atoms with van der Waals surface area (Å²) in [6, 6.07) is 0. The van der Waals surface area contributed by atoms with Crippen molar-refractivity contribution in [3.8, 4) is 0 Å².